The summed E-state index contributed by atoms with van der Waals surface area (Å²) in [6.07, 6.45) is 0. The van der Waals surface area contributed by atoms with Crippen LogP contribution in [0.2, 0.25) is 15.1 Å². The van der Waals surface area contributed by atoms with Gasteiger partial charge in [-0.1, -0.05) is 58.2 Å². The van der Waals surface area contributed by atoms with Crippen LogP contribution in [0.4, 0.5) is 5.69 Å². The fraction of sp³-hybridized carbons (Fsp3) is 0.0588. The first-order valence-corrected chi connectivity index (χ1v) is 9.40. The number of anilines is 1. The van der Waals surface area contributed by atoms with Gasteiger partial charge in [0.15, 0.2) is 10.8 Å². The molecule has 0 saturated heterocycles. The molecule has 0 aliphatic rings. The third-order valence-corrected chi connectivity index (χ3v) is 4.88. The molecule has 0 spiro atoms. The molecule has 0 radical (unpaired) electrons. The van der Waals surface area contributed by atoms with E-state index in [-0.39, 0.29) is 10.8 Å². The summed E-state index contributed by atoms with van der Waals surface area (Å²) < 4.78 is 1.40. The SMILES string of the molecule is Cc1c(C(=O)NNC(=S)Nc2ccccc2)nnn1-c1cc(Cl)c(Cl)cc1Cl. The molecule has 28 heavy (non-hydrogen) atoms. The van der Waals surface area contributed by atoms with Crippen molar-refractivity contribution in [2.24, 2.45) is 0 Å². The van der Waals surface area contributed by atoms with Crippen LogP contribution < -0.4 is 16.2 Å². The number of halogens is 3. The average Bonchev–Trinajstić information content (AvgIpc) is 3.05. The number of amides is 1. The lowest BCUT2D eigenvalue weighted by Gasteiger charge is -2.11. The highest BCUT2D eigenvalue weighted by Gasteiger charge is 2.19. The summed E-state index contributed by atoms with van der Waals surface area (Å²) in [7, 11) is 0. The van der Waals surface area contributed by atoms with E-state index in [0.29, 0.717) is 26.4 Å². The Hall–Kier alpha value is -2.39. The summed E-state index contributed by atoms with van der Waals surface area (Å²) in [5.74, 6) is -0.517. The number of hydrogen-bond donors (Lipinski definition) is 3. The Morgan fingerprint density at radius 1 is 1.04 bits per heavy atom. The van der Waals surface area contributed by atoms with Gasteiger partial charge in [-0.3, -0.25) is 15.6 Å². The molecule has 144 valence electrons. The molecule has 1 heterocycles. The van der Waals surface area contributed by atoms with E-state index in [1.807, 2.05) is 30.3 Å². The zero-order valence-corrected chi connectivity index (χ0v) is 17.4. The molecule has 0 aliphatic carbocycles. The summed E-state index contributed by atoms with van der Waals surface area (Å²) in [4.78, 5) is 12.4. The third-order valence-electron chi connectivity index (χ3n) is 3.65. The highest BCUT2D eigenvalue weighted by Crippen LogP contribution is 2.31. The molecule has 0 bridgehead atoms. The van der Waals surface area contributed by atoms with Crippen molar-refractivity contribution in [3.63, 3.8) is 0 Å². The first kappa shape index (κ1) is 20.3. The minimum Gasteiger partial charge on any atom is -0.331 e. The number of hydrazine groups is 1. The Morgan fingerprint density at radius 2 is 1.71 bits per heavy atom. The Balaban J connectivity index is 1.70. The van der Waals surface area contributed by atoms with Crippen molar-refractivity contribution >= 4 is 63.7 Å². The Bertz CT molecular complexity index is 1040. The normalized spacial score (nSPS) is 10.4. The van der Waals surface area contributed by atoms with Crippen molar-refractivity contribution in [2.45, 2.75) is 6.92 Å². The van der Waals surface area contributed by atoms with E-state index in [9.17, 15) is 4.79 Å². The molecular weight excluding hydrogens is 443 g/mol. The van der Waals surface area contributed by atoms with Crippen molar-refractivity contribution in [2.75, 3.05) is 5.32 Å². The Kier molecular flexibility index (Phi) is 6.35. The van der Waals surface area contributed by atoms with Gasteiger partial charge in [-0.25, -0.2) is 4.68 Å². The van der Waals surface area contributed by atoms with Crippen LogP contribution in [0.5, 0.6) is 0 Å². The molecular formula is C17H13Cl3N6OS. The van der Waals surface area contributed by atoms with Crippen LogP contribution >= 0.6 is 47.0 Å². The number of nitrogens with zero attached hydrogens (tertiary/aromatic N) is 3. The maximum atomic E-state index is 12.4. The van der Waals surface area contributed by atoms with Crippen molar-refractivity contribution in [1.29, 1.82) is 0 Å². The van der Waals surface area contributed by atoms with Crippen LogP contribution in [-0.4, -0.2) is 26.0 Å². The molecule has 3 rings (SSSR count). The Labute approximate surface area is 180 Å². The van der Waals surface area contributed by atoms with Crippen molar-refractivity contribution in [3.8, 4) is 5.69 Å². The summed E-state index contributed by atoms with van der Waals surface area (Å²) in [6.45, 7) is 1.67. The van der Waals surface area contributed by atoms with Crippen LogP contribution in [0.25, 0.3) is 5.69 Å². The van der Waals surface area contributed by atoms with Crippen LogP contribution in [0.3, 0.4) is 0 Å². The van der Waals surface area contributed by atoms with E-state index >= 15 is 0 Å². The van der Waals surface area contributed by atoms with Crippen molar-refractivity contribution in [1.82, 2.24) is 25.8 Å². The maximum absolute atomic E-state index is 12.4. The van der Waals surface area contributed by atoms with Gasteiger partial charge >= 0.3 is 0 Å². The topological polar surface area (TPSA) is 83.9 Å². The molecule has 11 heteroatoms. The third kappa shape index (κ3) is 4.53. The molecule has 2 aromatic carbocycles. The zero-order valence-electron chi connectivity index (χ0n) is 14.3. The van der Waals surface area contributed by atoms with Crippen LogP contribution in [0.1, 0.15) is 16.2 Å². The number of rotatable bonds is 3. The van der Waals surface area contributed by atoms with Crippen molar-refractivity contribution < 1.29 is 4.79 Å². The number of nitrogens with one attached hydrogen (secondary N) is 3. The van der Waals surface area contributed by atoms with E-state index < -0.39 is 5.91 Å². The first-order chi connectivity index (χ1) is 13.4. The average molecular weight is 456 g/mol. The van der Waals surface area contributed by atoms with E-state index in [1.165, 1.54) is 10.7 Å². The standard InChI is InChI=1S/C17H13Cl3N6OS/c1-9-15(16(27)23-24-17(28)21-10-5-3-2-4-6-10)22-25-26(9)14-8-12(19)11(18)7-13(14)20/h2-8H,1H3,(H,23,27)(H2,21,24,28). The van der Waals surface area contributed by atoms with Crippen LogP contribution in [0, 0.1) is 6.92 Å². The Morgan fingerprint density at radius 3 is 2.43 bits per heavy atom. The van der Waals surface area contributed by atoms with Gasteiger partial charge in [0, 0.05) is 5.69 Å². The quantitative estimate of drug-likeness (QED) is 0.312. The smallest absolute Gasteiger partial charge is 0.292 e. The van der Waals surface area contributed by atoms with Crippen molar-refractivity contribution in [3.05, 3.63) is 68.9 Å². The number of aromatic nitrogens is 3. The number of hydrogen-bond acceptors (Lipinski definition) is 4. The maximum Gasteiger partial charge on any atom is 0.292 e. The second-order valence-corrected chi connectivity index (χ2v) is 7.18. The van der Waals surface area contributed by atoms with Gasteiger partial charge in [0.05, 0.1) is 26.4 Å². The minimum atomic E-state index is -0.517. The molecule has 0 aliphatic heterocycles. The number of para-hydroxylation sites is 1. The molecule has 0 unspecified atom stereocenters. The number of benzene rings is 2. The van der Waals surface area contributed by atoms with E-state index in [1.54, 1.807) is 13.0 Å². The van der Waals surface area contributed by atoms with Crippen LogP contribution in [-0.2, 0) is 0 Å². The summed E-state index contributed by atoms with van der Waals surface area (Å²) >= 11 is 23.3. The first-order valence-electron chi connectivity index (χ1n) is 7.86. The summed E-state index contributed by atoms with van der Waals surface area (Å²) in [5.41, 5.74) is 6.87. The zero-order chi connectivity index (χ0) is 20.3. The molecule has 1 aromatic heterocycles. The fourth-order valence-electron chi connectivity index (χ4n) is 2.30. The molecule has 3 aromatic rings. The lowest BCUT2D eigenvalue weighted by atomic mass is 10.3. The fourth-order valence-corrected chi connectivity index (χ4v) is 3.09. The highest BCUT2D eigenvalue weighted by atomic mass is 35.5. The predicted octanol–water partition coefficient (Wildman–Crippen LogP) is 4.17. The molecule has 0 atom stereocenters. The monoisotopic (exact) mass is 454 g/mol. The molecule has 0 fully saturated rings. The predicted molar refractivity (Wildman–Crippen MR) is 114 cm³/mol. The van der Waals surface area contributed by atoms with E-state index in [0.717, 1.165) is 5.69 Å². The van der Waals surface area contributed by atoms with Gasteiger partial charge in [0.2, 0.25) is 0 Å². The summed E-state index contributed by atoms with van der Waals surface area (Å²) in [5, 5.41) is 12.0. The highest BCUT2D eigenvalue weighted by molar-refractivity contribution is 7.80. The van der Waals surface area contributed by atoms with Gasteiger partial charge in [-0.05, 0) is 43.4 Å². The van der Waals surface area contributed by atoms with E-state index in [4.69, 9.17) is 47.0 Å². The van der Waals surface area contributed by atoms with Crippen LogP contribution in [0.15, 0.2) is 42.5 Å². The molecule has 3 N–H and O–H groups in total. The van der Waals surface area contributed by atoms with Gasteiger partial charge in [0.1, 0.15) is 0 Å². The second-order valence-electron chi connectivity index (χ2n) is 5.55. The number of carbonyl (C=O) groups excluding carboxylic acids is 1. The van der Waals surface area contributed by atoms with Gasteiger partial charge in [0.25, 0.3) is 5.91 Å². The second kappa shape index (κ2) is 8.74. The molecule has 7 nitrogen and oxygen atoms in total. The summed E-state index contributed by atoms with van der Waals surface area (Å²) in [6, 6.07) is 12.3. The lowest BCUT2D eigenvalue weighted by molar-refractivity contribution is 0.0938. The number of carbonyl (C=O) groups is 1. The number of thiocarbonyl (C=S) groups is 1. The van der Waals surface area contributed by atoms with Gasteiger partial charge < -0.3 is 5.32 Å². The molecule has 1 amide bonds. The largest absolute Gasteiger partial charge is 0.331 e. The molecule has 0 saturated carbocycles. The van der Waals surface area contributed by atoms with E-state index in [2.05, 4.69) is 26.5 Å². The van der Waals surface area contributed by atoms with Gasteiger partial charge in [-0.15, -0.1) is 5.10 Å². The lowest BCUT2D eigenvalue weighted by Crippen LogP contribution is -2.44. The van der Waals surface area contributed by atoms with Gasteiger partial charge in [-0.2, -0.15) is 0 Å². The minimum absolute atomic E-state index is 0.0946.